The second-order valence-corrected chi connectivity index (χ2v) is 5.21. The Morgan fingerprint density at radius 1 is 1.00 bits per heavy atom. The topological polar surface area (TPSA) is 9.23 Å². The molecule has 0 spiro atoms. The molecule has 4 heteroatoms. The number of rotatable bonds is 4. The van der Waals surface area contributed by atoms with E-state index in [1.54, 1.807) is 12.1 Å². The van der Waals surface area contributed by atoms with Crippen LogP contribution in [0.25, 0.3) is 0 Å². The zero-order valence-corrected chi connectivity index (χ0v) is 12.7. The van der Waals surface area contributed by atoms with Crippen molar-refractivity contribution < 1.29 is 4.74 Å². The Hall–Kier alpha value is -0.890. The van der Waals surface area contributed by atoms with Crippen molar-refractivity contribution in [1.29, 1.82) is 0 Å². The minimum Gasteiger partial charge on any atom is -0.457 e. The molecule has 0 radical (unpaired) electrons. The van der Waals surface area contributed by atoms with Gasteiger partial charge in [0.2, 0.25) is 0 Å². The van der Waals surface area contributed by atoms with Crippen molar-refractivity contribution in [2.45, 2.75) is 19.2 Å². The van der Waals surface area contributed by atoms with Crippen LogP contribution >= 0.6 is 34.8 Å². The first-order valence-corrected chi connectivity index (χ1v) is 7.23. The van der Waals surface area contributed by atoms with E-state index >= 15 is 0 Å². The molecule has 0 fully saturated rings. The standard InChI is InChI=1S/C15H13Cl3O/c1-2-10-8-13(4-5-14(10)18)19-15-6-3-12(17)7-11(15)9-16/h3-8H,2,9H2,1H3. The van der Waals surface area contributed by atoms with Crippen molar-refractivity contribution in [2.24, 2.45) is 0 Å². The molecule has 0 heterocycles. The Morgan fingerprint density at radius 3 is 2.47 bits per heavy atom. The minimum atomic E-state index is 0.351. The Bertz CT molecular complexity index is 582. The van der Waals surface area contributed by atoms with Gasteiger partial charge in [-0.05, 0) is 48.4 Å². The van der Waals surface area contributed by atoms with Gasteiger partial charge in [-0.2, -0.15) is 0 Å². The predicted octanol–water partition coefficient (Wildman–Crippen LogP) is 6.09. The quantitative estimate of drug-likeness (QED) is 0.621. The Labute approximate surface area is 128 Å². The lowest BCUT2D eigenvalue weighted by Crippen LogP contribution is -1.91. The summed E-state index contributed by atoms with van der Waals surface area (Å²) in [4.78, 5) is 0. The van der Waals surface area contributed by atoms with E-state index in [1.807, 2.05) is 24.3 Å². The molecule has 0 aromatic heterocycles. The third-order valence-corrected chi connectivity index (χ3v) is 3.68. The van der Waals surface area contributed by atoms with Crippen LogP contribution in [0.4, 0.5) is 0 Å². The highest BCUT2D eigenvalue weighted by Crippen LogP contribution is 2.31. The van der Waals surface area contributed by atoms with Crippen LogP contribution in [0.15, 0.2) is 36.4 Å². The maximum atomic E-state index is 6.08. The van der Waals surface area contributed by atoms with Crippen molar-refractivity contribution in [1.82, 2.24) is 0 Å². The third kappa shape index (κ3) is 3.56. The van der Waals surface area contributed by atoms with Crippen LogP contribution in [0.1, 0.15) is 18.1 Å². The van der Waals surface area contributed by atoms with Gasteiger partial charge in [-0.1, -0.05) is 30.1 Å². The highest BCUT2D eigenvalue weighted by molar-refractivity contribution is 6.31. The molecule has 0 N–H and O–H groups in total. The van der Waals surface area contributed by atoms with Crippen LogP contribution in [0.3, 0.4) is 0 Å². The van der Waals surface area contributed by atoms with Crippen LogP contribution in [-0.4, -0.2) is 0 Å². The number of hydrogen-bond acceptors (Lipinski definition) is 1. The van der Waals surface area contributed by atoms with Gasteiger partial charge >= 0.3 is 0 Å². The van der Waals surface area contributed by atoms with Gasteiger partial charge < -0.3 is 4.74 Å². The molecule has 0 aliphatic rings. The first kappa shape index (κ1) is 14.5. The van der Waals surface area contributed by atoms with Crippen molar-refractivity contribution in [3.05, 3.63) is 57.6 Å². The molecular weight excluding hydrogens is 303 g/mol. The van der Waals surface area contributed by atoms with Gasteiger partial charge in [0, 0.05) is 15.6 Å². The summed E-state index contributed by atoms with van der Waals surface area (Å²) in [5.74, 6) is 1.81. The van der Waals surface area contributed by atoms with Crippen LogP contribution in [0, 0.1) is 0 Å². The molecule has 0 atom stereocenters. The SMILES string of the molecule is CCc1cc(Oc2ccc(Cl)cc2CCl)ccc1Cl. The van der Waals surface area contributed by atoms with Crippen molar-refractivity contribution in [2.75, 3.05) is 0 Å². The molecule has 19 heavy (non-hydrogen) atoms. The number of halogens is 3. The summed E-state index contributed by atoms with van der Waals surface area (Å²) in [6.07, 6.45) is 0.860. The summed E-state index contributed by atoms with van der Waals surface area (Å²) in [5, 5.41) is 1.40. The molecule has 0 unspecified atom stereocenters. The summed E-state index contributed by atoms with van der Waals surface area (Å²) in [6, 6.07) is 11.0. The van der Waals surface area contributed by atoms with E-state index in [2.05, 4.69) is 6.92 Å². The molecule has 2 aromatic carbocycles. The van der Waals surface area contributed by atoms with Gasteiger partial charge in [-0.25, -0.2) is 0 Å². The first-order valence-electron chi connectivity index (χ1n) is 5.94. The first-order chi connectivity index (χ1) is 9.13. The van der Waals surface area contributed by atoms with E-state index in [1.165, 1.54) is 0 Å². The number of ether oxygens (including phenoxy) is 1. The lowest BCUT2D eigenvalue weighted by Gasteiger charge is -2.11. The highest BCUT2D eigenvalue weighted by atomic mass is 35.5. The lowest BCUT2D eigenvalue weighted by atomic mass is 10.1. The van der Waals surface area contributed by atoms with Crippen LogP contribution < -0.4 is 4.74 Å². The zero-order chi connectivity index (χ0) is 13.8. The molecule has 0 bridgehead atoms. The fraction of sp³-hybridized carbons (Fsp3) is 0.200. The Kier molecular flexibility index (Phi) is 4.98. The predicted molar refractivity (Wildman–Crippen MR) is 81.9 cm³/mol. The fourth-order valence-corrected chi connectivity index (χ4v) is 2.42. The van der Waals surface area contributed by atoms with Crippen molar-refractivity contribution in [3.8, 4) is 11.5 Å². The Morgan fingerprint density at radius 2 is 1.79 bits per heavy atom. The summed E-state index contributed by atoms with van der Waals surface area (Å²) in [6.45, 7) is 2.05. The van der Waals surface area contributed by atoms with Crippen LogP contribution in [0.2, 0.25) is 10.0 Å². The van der Waals surface area contributed by atoms with Gasteiger partial charge in [0.15, 0.2) is 0 Å². The fourth-order valence-electron chi connectivity index (χ4n) is 1.76. The van der Waals surface area contributed by atoms with Crippen LogP contribution in [-0.2, 0) is 12.3 Å². The molecule has 2 rings (SSSR count). The smallest absolute Gasteiger partial charge is 0.131 e. The summed E-state index contributed by atoms with van der Waals surface area (Å²) in [5.41, 5.74) is 1.92. The molecule has 0 aliphatic carbocycles. The van der Waals surface area contributed by atoms with E-state index in [0.29, 0.717) is 16.7 Å². The average Bonchev–Trinajstić information content (AvgIpc) is 2.42. The van der Waals surface area contributed by atoms with E-state index in [9.17, 15) is 0 Å². The lowest BCUT2D eigenvalue weighted by molar-refractivity contribution is 0.478. The molecule has 0 amide bonds. The number of benzene rings is 2. The van der Waals surface area contributed by atoms with Gasteiger partial charge in [0.05, 0.1) is 5.88 Å². The number of alkyl halides is 1. The van der Waals surface area contributed by atoms with E-state index in [-0.39, 0.29) is 0 Å². The van der Waals surface area contributed by atoms with Gasteiger partial charge in [-0.3, -0.25) is 0 Å². The van der Waals surface area contributed by atoms with Crippen molar-refractivity contribution in [3.63, 3.8) is 0 Å². The van der Waals surface area contributed by atoms with Gasteiger partial charge in [-0.15, -0.1) is 11.6 Å². The molecule has 1 nitrogen and oxygen atoms in total. The number of hydrogen-bond donors (Lipinski definition) is 0. The summed E-state index contributed by atoms with van der Waals surface area (Å²) < 4.78 is 5.85. The molecule has 100 valence electrons. The maximum absolute atomic E-state index is 6.08. The summed E-state index contributed by atoms with van der Waals surface area (Å²) in [7, 11) is 0. The average molecular weight is 316 g/mol. The molecule has 0 aliphatic heterocycles. The van der Waals surface area contributed by atoms with Crippen molar-refractivity contribution >= 4 is 34.8 Å². The minimum absolute atomic E-state index is 0.351. The largest absolute Gasteiger partial charge is 0.457 e. The summed E-state index contributed by atoms with van der Waals surface area (Å²) >= 11 is 17.9. The molecule has 0 saturated heterocycles. The monoisotopic (exact) mass is 314 g/mol. The second-order valence-electron chi connectivity index (χ2n) is 4.09. The van der Waals surface area contributed by atoms with E-state index in [0.717, 1.165) is 28.3 Å². The number of aryl methyl sites for hydroxylation is 1. The van der Waals surface area contributed by atoms with Gasteiger partial charge in [0.1, 0.15) is 11.5 Å². The van der Waals surface area contributed by atoms with Gasteiger partial charge in [0.25, 0.3) is 0 Å². The van der Waals surface area contributed by atoms with E-state index in [4.69, 9.17) is 39.5 Å². The zero-order valence-electron chi connectivity index (χ0n) is 10.4. The Balaban J connectivity index is 2.30. The molecule has 0 saturated carbocycles. The second kappa shape index (κ2) is 6.51. The van der Waals surface area contributed by atoms with Crippen LogP contribution in [0.5, 0.6) is 11.5 Å². The molecule has 2 aromatic rings. The van der Waals surface area contributed by atoms with E-state index < -0.39 is 0 Å². The third-order valence-electron chi connectivity index (χ3n) is 2.79. The normalized spacial score (nSPS) is 10.5. The molecular formula is C15H13Cl3O. The highest BCUT2D eigenvalue weighted by Gasteiger charge is 2.07. The maximum Gasteiger partial charge on any atom is 0.131 e.